The highest BCUT2D eigenvalue weighted by Gasteiger charge is 2.38. The van der Waals surface area contributed by atoms with Crippen LogP contribution in [0.1, 0.15) is 11.1 Å². The number of alkyl halides is 3. The summed E-state index contributed by atoms with van der Waals surface area (Å²) in [6, 6.07) is 10.5. The lowest BCUT2D eigenvalue weighted by Gasteiger charge is -2.33. The van der Waals surface area contributed by atoms with Crippen molar-refractivity contribution in [3.05, 3.63) is 65.4 Å². The van der Waals surface area contributed by atoms with Crippen LogP contribution in [0.2, 0.25) is 0 Å². The van der Waals surface area contributed by atoms with Crippen molar-refractivity contribution in [1.29, 1.82) is 0 Å². The van der Waals surface area contributed by atoms with Gasteiger partial charge in [-0.25, -0.2) is 18.4 Å². The lowest BCUT2D eigenvalue weighted by Crippen LogP contribution is -2.52. The van der Waals surface area contributed by atoms with Crippen molar-refractivity contribution >= 4 is 17.0 Å². The van der Waals surface area contributed by atoms with Crippen molar-refractivity contribution in [2.24, 2.45) is 7.05 Å². The molecule has 0 spiro atoms. The van der Waals surface area contributed by atoms with Crippen LogP contribution < -0.4 is 10.2 Å². The van der Waals surface area contributed by atoms with Gasteiger partial charge in [0.2, 0.25) is 5.95 Å². The summed E-state index contributed by atoms with van der Waals surface area (Å²) >= 11 is 0. The van der Waals surface area contributed by atoms with Gasteiger partial charge in [-0.05, 0) is 18.1 Å². The lowest BCUT2D eigenvalue weighted by molar-refractivity contribution is -0.140. The molecule has 1 aliphatic heterocycles. The molecule has 12 heteroatoms. The zero-order valence-corrected chi connectivity index (χ0v) is 19.0. The Labute approximate surface area is 202 Å². The number of benzene rings is 2. The van der Waals surface area contributed by atoms with E-state index in [1.165, 1.54) is 23.5 Å². The predicted molar refractivity (Wildman–Crippen MR) is 122 cm³/mol. The lowest BCUT2D eigenvalue weighted by atomic mass is 10.0. The topological polar surface area (TPSA) is 79.1 Å². The number of anilines is 1. The van der Waals surface area contributed by atoms with Crippen molar-refractivity contribution in [2.75, 3.05) is 24.5 Å². The van der Waals surface area contributed by atoms with Gasteiger partial charge in [0.05, 0.1) is 10.9 Å². The summed E-state index contributed by atoms with van der Waals surface area (Å²) in [4.78, 5) is 10.9. The number of aromatic nitrogens is 4. The van der Waals surface area contributed by atoms with E-state index in [-0.39, 0.29) is 22.8 Å². The molecule has 0 bridgehead atoms. The molecule has 0 radical (unpaired) electrons. The van der Waals surface area contributed by atoms with Crippen LogP contribution in [-0.4, -0.2) is 50.5 Å². The first-order valence-electron chi connectivity index (χ1n) is 11.1. The molecule has 1 saturated heterocycles. The first-order valence-corrected chi connectivity index (χ1v) is 11.1. The molecule has 2 N–H and O–H groups in total. The highest BCUT2D eigenvalue weighted by atomic mass is 19.4. The van der Waals surface area contributed by atoms with Crippen molar-refractivity contribution in [2.45, 2.75) is 18.6 Å². The minimum Gasteiger partial charge on any atom is -0.503 e. The zero-order chi connectivity index (χ0) is 25.6. The number of nitrogens with zero attached hydrogens (tertiary/aromatic N) is 5. The SMILES string of the molecule is Cn1nc(-c2cc(C(F)(F)F)c(F)c(O)c2F)c2cnc(N3CCN[C@@H](Cc4ccccc4)C3)nc21. The Morgan fingerprint density at radius 1 is 1.14 bits per heavy atom. The summed E-state index contributed by atoms with van der Waals surface area (Å²) < 4.78 is 69.7. The molecule has 0 amide bonds. The van der Waals surface area contributed by atoms with E-state index in [1.807, 2.05) is 23.1 Å². The minimum atomic E-state index is -5.14. The summed E-state index contributed by atoms with van der Waals surface area (Å²) in [5.74, 6) is -4.95. The fraction of sp³-hybridized carbons (Fsp3) is 0.292. The molecule has 4 aromatic rings. The molecule has 7 nitrogen and oxygen atoms in total. The van der Waals surface area contributed by atoms with Crippen LogP contribution in [0.5, 0.6) is 5.75 Å². The van der Waals surface area contributed by atoms with E-state index in [0.29, 0.717) is 31.6 Å². The molecule has 1 fully saturated rings. The van der Waals surface area contributed by atoms with Gasteiger partial charge >= 0.3 is 6.18 Å². The Balaban J connectivity index is 1.49. The van der Waals surface area contributed by atoms with Gasteiger partial charge in [-0.15, -0.1) is 0 Å². The van der Waals surface area contributed by atoms with E-state index in [9.17, 15) is 27.1 Å². The number of fused-ring (bicyclic) bond motifs is 1. The first kappa shape index (κ1) is 23.9. The number of rotatable bonds is 4. The van der Waals surface area contributed by atoms with E-state index >= 15 is 0 Å². The fourth-order valence-electron chi connectivity index (χ4n) is 4.42. The third-order valence-electron chi connectivity index (χ3n) is 6.17. The number of halogens is 5. The second kappa shape index (κ2) is 9.01. The molecule has 2 aromatic heterocycles. The predicted octanol–water partition coefficient (Wildman–Crippen LogP) is 4.05. The van der Waals surface area contributed by atoms with Gasteiger partial charge in [-0.1, -0.05) is 30.3 Å². The highest BCUT2D eigenvalue weighted by molar-refractivity contribution is 5.91. The molecule has 188 valence electrons. The van der Waals surface area contributed by atoms with Gasteiger partial charge in [-0.3, -0.25) is 0 Å². The number of nitrogens with one attached hydrogen (secondary N) is 1. The van der Waals surface area contributed by atoms with Gasteiger partial charge in [0, 0.05) is 44.5 Å². The molecular weight excluding hydrogens is 483 g/mol. The highest BCUT2D eigenvalue weighted by Crippen LogP contribution is 2.41. The molecule has 3 heterocycles. The second-order valence-corrected chi connectivity index (χ2v) is 8.61. The summed E-state index contributed by atoms with van der Waals surface area (Å²) in [7, 11) is 1.50. The van der Waals surface area contributed by atoms with Crippen LogP contribution in [-0.2, 0) is 19.6 Å². The summed E-state index contributed by atoms with van der Waals surface area (Å²) in [6.07, 6.45) is -2.98. The van der Waals surface area contributed by atoms with Crippen LogP contribution in [0.15, 0.2) is 42.6 Å². The van der Waals surface area contributed by atoms with Crippen molar-refractivity contribution in [3.8, 4) is 17.0 Å². The average molecular weight is 504 g/mol. The van der Waals surface area contributed by atoms with E-state index in [1.54, 1.807) is 0 Å². The molecule has 2 aromatic carbocycles. The van der Waals surface area contributed by atoms with Gasteiger partial charge in [0.15, 0.2) is 23.0 Å². The van der Waals surface area contributed by atoms with Crippen LogP contribution in [0.4, 0.5) is 27.9 Å². The van der Waals surface area contributed by atoms with E-state index in [0.717, 1.165) is 6.42 Å². The summed E-state index contributed by atoms with van der Waals surface area (Å²) in [6.45, 7) is 1.97. The van der Waals surface area contributed by atoms with E-state index < -0.39 is 34.7 Å². The van der Waals surface area contributed by atoms with Gasteiger partial charge < -0.3 is 15.3 Å². The number of phenols is 1. The standard InChI is InChI=1S/C24H21F5N6O/c1-34-22-16(20(33-34)15-10-17(24(27,28)29)19(26)21(36)18(15)25)11-31-23(32-22)35-8-7-30-14(12-35)9-13-5-3-2-4-6-13/h2-6,10-11,14,30,36H,7-9,12H2,1H3/t14-/m0/s1. The van der Waals surface area contributed by atoms with Crippen LogP contribution >= 0.6 is 0 Å². The molecule has 5 rings (SSSR count). The Bertz CT molecular complexity index is 1420. The van der Waals surface area contributed by atoms with Crippen LogP contribution in [0.3, 0.4) is 0 Å². The molecule has 0 aliphatic carbocycles. The Morgan fingerprint density at radius 3 is 2.61 bits per heavy atom. The number of aryl methyl sites for hydroxylation is 1. The Hall–Kier alpha value is -3.80. The van der Waals surface area contributed by atoms with Gasteiger partial charge in [-0.2, -0.15) is 23.3 Å². The molecule has 1 atom stereocenters. The maximum atomic E-state index is 14.7. The number of aromatic hydroxyl groups is 1. The average Bonchev–Trinajstić information content (AvgIpc) is 3.18. The second-order valence-electron chi connectivity index (χ2n) is 8.61. The fourth-order valence-corrected chi connectivity index (χ4v) is 4.42. The molecule has 0 unspecified atom stereocenters. The molecular formula is C24H21F5N6O. The number of hydrogen-bond donors (Lipinski definition) is 2. The van der Waals surface area contributed by atoms with Crippen LogP contribution in [0, 0.1) is 11.6 Å². The smallest absolute Gasteiger partial charge is 0.419 e. The van der Waals surface area contributed by atoms with E-state index in [4.69, 9.17) is 0 Å². The third-order valence-corrected chi connectivity index (χ3v) is 6.17. The zero-order valence-electron chi connectivity index (χ0n) is 19.0. The van der Waals surface area contributed by atoms with Gasteiger partial charge in [0.25, 0.3) is 0 Å². The molecule has 1 aliphatic rings. The minimum absolute atomic E-state index is 0.152. The summed E-state index contributed by atoms with van der Waals surface area (Å²) in [5, 5.41) is 17.4. The maximum Gasteiger partial charge on any atom is 0.419 e. The normalized spacial score (nSPS) is 16.6. The third kappa shape index (κ3) is 4.32. The first-order chi connectivity index (χ1) is 17.1. The largest absolute Gasteiger partial charge is 0.503 e. The molecule has 36 heavy (non-hydrogen) atoms. The van der Waals surface area contributed by atoms with Crippen LogP contribution in [0.25, 0.3) is 22.3 Å². The van der Waals surface area contributed by atoms with Gasteiger partial charge in [0.1, 0.15) is 5.69 Å². The monoisotopic (exact) mass is 504 g/mol. The molecule has 0 saturated carbocycles. The summed E-state index contributed by atoms with van der Waals surface area (Å²) in [5.41, 5.74) is -1.29. The Kier molecular flexibility index (Phi) is 5.99. The maximum absolute atomic E-state index is 14.7. The van der Waals surface area contributed by atoms with Crippen molar-refractivity contribution in [1.82, 2.24) is 25.1 Å². The van der Waals surface area contributed by atoms with E-state index in [2.05, 4.69) is 32.5 Å². The Morgan fingerprint density at radius 2 is 1.89 bits per heavy atom. The number of hydrogen-bond acceptors (Lipinski definition) is 6. The number of phenolic OH excluding ortho intramolecular Hbond substituents is 1. The number of piperazine rings is 1. The quantitative estimate of drug-likeness (QED) is 0.409. The van der Waals surface area contributed by atoms with Crippen molar-refractivity contribution in [3.63, 3.8) is 0 Å². The van der Waals surface area contributed by atoms with Crippen molar-refractivity contribution < 1.29 is 27.1 Å².